The molecule has 0 rings (SSSR count). The van der Waals surface area contributed by atoms with E-state index in [2.05, 4.69) is 4.74 Å². The SMILES string of the molecule is CCOC(=O)C(N)C(=O)C=O. The Morgan fingerprint density at radius 2 is 2.18 bits per heavy atom. The molecule has 0 saturated carbocycles. The zero-order chi connectivity index (χ0) is 8.85. The fourth-order valence-electron chi connectivity index (χ4n) is 0.421. The van der Waals surface area contributed by atoms with Gasteiger partial charge in [0.2, 0.25) is 5.78 Å². The van der Waals surface area contributed by atoms with Crippen LogP contribution in [0.3, 0.4) is 0 Å². The molecule has 5 heteroatoms. The third-order valence-corrected chi connectivity index (χ3v) is 0.963. The molecule has 5 nitrogen and oxygen atoms in total. The van der Waals surface area contributed by atoms with Crippen LogP contribution in [0.1, 0.15) is 6.92 Å². The molecule has 0 radical (unpaired) electrons. The third-order valence-electron chi connectivity index (χ3n) is 0.963. The number of hydrogen-bond donors (Lipinski definition) is 1. The minimum absolute atomic E-state index is 0.00157. The Hall–Kier alpha value is -1.23. The third kappa shape index (κ3) is 2.90. The maximum atomic E-state index is 10.6. The fourth-order valence-corrected chi connectivity index (χ4v) is 0.421. The van der Waals surface area contributed by atoms with Crippen molar-refractivity contribution in [2.24, 2.45) is 5.73 Å². The van der Waals surface area contributed by atoms with E-state index in [0.717, 1.165) is 0 Å². The standard InChI is InChI=1S/C6H9NO4/c1-2-11-6(10)5(7)4(9)3-8/h3,5H,2,7H2,1H3. The van der Waals surface area contributed by atoms with Crippen molar-refractivity contribution in [2.45, 2.75) is 13.0 Å². The monoisotopic (exact) mass is 159 g/mol. The van der Waals surface area contributed by atoms with Crippen LogP contribution in [-0.2, 0) is 19.1 Å². The van der Waals surface area contributed by atoms with Crippen molar-refractivity contribution in [1.82, 2.24) is 0 Å². The van der Waals surface area contributed by atoms with Crippen molar-refractivity contribution in [3.05, 3.63) is 0 Å². The van der Waals surface area contributed by atoms with Crippen molar-refractivity contribution in [1.29, 1.82) is 0 Å². The molecule has 0 fully saturated rings. The molecular weight excluding hydrogens is 150 g/mol. The van der Waals surface area contributed by atoms with E-state index < -0.39 is 17.8 Å². The second kappa shape index (κ2) is 4.56. The number of hydrogen-bond acceptors (Lipinski definition) is 5. The summed E-state index contributed by atoms with van der Waals surface area (Å²) in [5.41, 5.74) is 5.00. The molecule has 1 atom stereocenters. The molecule has 0 aliphatic rings. The van der Waals surface area contributed by atoms with Crippen molar-refractivity contribution < 1.29 is 19.1 Å². The number of carbonyl (C=O) groups is 3. The molecular formula is C6H9NO4. The van der Waals surface area contributed by atoms with Crippen molar-refractivity contribution in [3.63, 3.8) is 0 Å². The molecule has 0 heterocycles. The van der Waals surface area contributed by atoms with Gasteiger partial charge in [0.15, 0.2) is 12.3 Å². The highest BCUT2D eigenvalue weighted by atomic mass is 16.5. The topological polar surface area (TPSA) is 86.5 Å². The van der Waals surface area contributed by atoms with Gasteiger partial charge in [-0.05, 0) is 6.92 Å². The molecule has 0 aromatic rings. The first-order valence-electron chi connectivity index (χ1n) is 3.04. The quantitative estimate of drug-likeness (QED) is 0.237. The molecule has 0 amide bonds. The van der Waals surface area contributed by atoms with Crippen molar-refractivity contribution in [3.8, 4) is 0 Å². The number of aldehydes is 1. The first-order valence-corrected chi connectivity index (χ1v) is 3.04. The zero-order valence-electron chi connectivity index (χ0n) is 6.07. The van der Waals surface area contributed by atoms with Gasteiger partial charge in [-0.25, -0.2) is 4.79 Å². The van der Waals surface area contributed by atoms with E-state index in [4.69, 9.17) is 5.73 Å². The van der Waals surface area contributed by atoms with E-state index in [0.29, 0.717) is 0 Å². The number of ether oxygens (including phenoxy) is 1. The van der Waals surface area contributed by atoms with Gasteiger partial charge in [0.1, 0.15) is 0 Å². The lowest BCUT2D eigenvalue weighted by Crippen LogP contribution is -2.40. The summed E-state index contributed by atoms with van der Waals surface area (Å²) in [5.74, 6) is -1.84. The van der Waals surface area contributed by atoms with Crippen LogP contribution in [0.25, 0.3) is 0 Å². The average Bonchev–Trinajstić information content (AvgIpc) is 2.02. The minimum atomic E-state index is -1.47. The van der Waals surface area contributed by atoms with Gasteiger partial charge in [-0.15, -0.1) is 0 Å². The van der Waals surface area contributed by atoms with Crippen LogP contribution in [0.5, 0.6) is 0 Å². The van der Waals surface area contributed by atoms with Crippen LogP contribution in [0.2, 0.25) is 0 Å². The summed E-state index contributed by atoms with van der Waals surface area (Å²) in [6.45, 7) is 1.72. The molecule has 0 aromatic heterocycles. The summed E-state index contributed by atoms with van der Waals surface area (Å²) >= 11 is 0. The van der Waals surface area contributed by atoms with Gasteiger partial charge >= 0.3 is 5.97 Å². The molecule has 2 N–H and O–H groups in total. The Bertz CT molecular complexity index is 177. The number of ketones is 1. The molecule has 62 valence electrons. The molecule has 0 aromatic carbocycles. The van der Waals surface area contributed by atoms with Crippen LogP contribution in [-0.4, -0.2) is 30.7 Å². The van der Waals surface area contributed by atoms with Gasteiger partial charge in [0.25, 0.3) is 0 Å². The van der Waals surface area contributed by atoms with E-state index in [1.54, 1.807) is 6.92 Å². The molecule has 11 heavy (non-hydrogen) atoms. The lowest BCUT2D eigenvalue weighted by atomic mass is 10.2. The number of nitrogens with two attached hydrogens (primary N) is 1. The summed E-state index contributed by atoms with van der Waals surface area (Å²) in [6, 6.07) is -1.47. The van der Waals surface area contributed by atoms with Gasteiger partial charge in [0.05, 0.1) is 6.61 Å². The Morgan fingerprint density at radius 1 is 1.64 bits per heavy atom. The normalized spacial score (nSPS) is 11.8. The predicted molar refractivity (Wildman–Crippen MR) is 35.7 cm³/mol. The summed E-state index contributed by atoms with van der Waals surface area (Å²) in [6.07, 6.45) is 0.00157. The van der Waals surface area contributed by atoms with Gasteiger partial charge in [-0.2, -0.15) is 0 Å². The van der Waals surface area contributed by atoms with Crippen LogP contribution < -0.4 is 5.73 Å². The van der Waals surface area contributed by atoms with Gasteiger partial charge in [-0.3, -0.25) is 9.59 Å². The maximum Gasteiger partial charge on any atom is 0.331 e. The molecule has 0 spiro atoms. The smallest absolute Gasteiger partial charge is 0.331 e. The second-order valence-electron chi connectivity index (χ2n) is 1.75. The lowest BCUT2D eigenvalue weighted by Gasteiger charge is -2.04. The van der Waals surface area contributed by atoms with Crippen LogP contribution in [0, 0.1) is 0 Å². The van der Waals surface area contributed by atoms with E-state index in [1.165, 1.54) is 0 Å². The molecule has 0 bridgehead atoms. The molecule has 0 saturated heterocycles. The number of carbonyl (C=O) groups excluding carboxylic acids is 3. The largest absolute Gasteiger partial charge is 0.464 e. The number of rotatable bonds is 4. The second-order valence-corrected chi connectivity index (χ2v) is 1.75. The Balaban J connectivity index is 4.01. The van der Waals surface area contributed by atoms with Crippen molar-refractivity contribution in [2.75, 3.05) is 6.61 Å². The van der Waals surface area contributed by atoms with Gasteiger partial charge in [0, 0.05) is 0 Å². The van der Waals surface area contributed by atoms with E-state index >= 15 is 0 Å². The molecule has 0 aliphatic carbocycles. The molecule has 1 unspecified atom stereocenters. The summed E-state index contributed by atoms with van der Waals surface area (Å²) in [5, 5.41) is 0. The van der Waals surface area contributed by atoms with E-state index in [-0.39, 0.29) is 12.9 Å². The number of Topliss-reactive ketones (excluding diaryl/α,β-unsaturated/α-hetero) is 1. The van der Waals surface area contributed by atoms with Gasteiger partial charge < -0.3 is 10.5 Å². The molecule has 0 aliphatic heterocycles. The number of esters is 1. The zero-order valence-corrected chi connectivity index (χ0v) is 6.07. The van der Waals surface area contributed by atoms with Gasteiger partial charge in [-0.1, -0.05) is 0 Å². The van der Waals surface area contributed by atoms with E-state index in [9.17, 15) is 14.4 Å². The highest BCUT2D eigenvalue weighted by molar-refractivity contribution is 6.32. The summed E-state index contributed by atoms with van der Waals surface area (Å²) in [4.78, 5) is 30.9. The van der Waals surface area contributed by atoms with Crippen LogP contribution >= 0.6 is 0 Å². The summed E-state index contributed by atoms with van der Waals surface area (Å²) in [7, 11) is 0. The predicted octanol–water partition coefficient (Wildman–Crippen LogP) is -1.36. The maximum absolute atomic E-state index is 10.6. The highest BCUT2D eigenvalue weighted by Gasteiger charge is 2.21. The minimum Gasteiger partial charge on any atom is -0.464 e. The highest BCUT2D eigenvalue weighted by Crippen LogP contribution is 1.85. The lowest BCUT2D eigenvalue weighted by molar-refractivity contribution is -0.148. The van der Waals surface area contributed by atoms with E-state index in [1.807, 2.05) is 0 Å². The Kier molecular flexibility index (Phi) is 4.05. The Labute approximate surface area is 63.5 Å². The summed E-state index contributed by atoms with van der Waals surface area (Å²) < 4.78 is 4.38. The fraction of sp³-hybridized carbons (Fsp3) is 0.500. The average molecular weight is 159 g/mol. The van der Waals surface area contributed by atoms with Crippen LogP contribution in [0.4, 0.5) is 0 Å². The Morgan fingerprint density at radius 3 is 2.55 bits per heavy atom. The first kappa shape index (κ1) is 9.77. The first-order chi connectivity index (χ1) is 5.13. The van der Waals surface area contributed by atoms with Crippen molar-refractivity contribution >= 4 is 18.0 Å². The van der Waals surface area contributed by atoms with Crippen LogP contribution in [0.15, 0.2) is 0 Å².